The number of nitriles is 1. The molecule has 0 saturated heterocycles. The molecule has 0 spiro atoms. The number of fused-ring (bicyclic) bond motifs is 1. The van der Waals surface area contributed by atoms with Crippen LogP contribution in [0.3, 0.4) is 0 Å². The van der Waals surface area contributed by atoms with E-state index in [1.54, 1.807) is 17.6 Å². The molecule has 142 valence electrons. The lowest BCUT2D eigenvalue weighted by molar-refractivity contribution is -0.119. The highest BCUT2D eigenvalue weighted by Gasteiger charge is 2.42. The van der Waals surface area contributed by atoms with Gasteiger partial charge in [-0.2, -0.15) is 5.26 Å². The van der Waals surface area contributed by atoms with Crippen molar-refractivity contribution >= 4 is 39.2 Å². The summed E-state index contributed by atoms with van der Waals surface area (Å²) in [6, 6.07) is 2.22. The molecule has 2 aromatic heterocycles. The number of hydrogen-bond donors (Lipinski definition) is 1. The smallest absolute Gasteiger partial charge is 0.263 e. The van der Waals surface area contributed by atoms with Crippen LogP contribution in [-0.4, -0.2) is 26.8 Å². The molecular weight excluding hydrogens is 380 g/mol. The van der Waals surface area contributed by atoms with Gasteiger partial charge in [0.15, 0.2) is 5.16 Å². The fourth-order valence-corrected chi connectivity index (χ4v) is 4.93. The number of allylic oxidation sites excluding steroid dienone is 1. The Labute approximate surface area is 166 Å². The molecule has 27 heavy (non-hydrogen) atoms. The van der Waals surface area contributed by atoms with Gasteiger partial charge in [-0.3, -0.25) is 14.2 Å². The van der Waals surface area contributed by atoms with Gasteiger partial charge in [-0.15, -0.1) is 17.9 Å². The number of thiophene rings is 1. The second-order valence-electron chi connectivity index (χ2n) is 6.99. The summed E-state index contributed by atoms with van der Waals surface area (Å²) in [5.74, 6) is 0.0959. The Morgan fingerprint density at radius 2 is 2.26 bits per heavy atom. The second-order valence-corrected chi connectivity index (χ2v) is 9.13. The average molecular weight is 403 g/mol. The topological polar surface area (TPSA) is 87.8 Å². The minimum absolute atomic E-state index is 0.0996. The minimum atomic E-state index is -0.822. The van der Waals surface area contributed by atoms with E-state index in [0.29, 0.717) is 21.9 Å². The summed E-state index contributed by atoms with van der Waals surface area (Å²) >= 11 is 2.70. The van der Waals surface area contributed by atoms with Crippen molar-refractivity contribution in [1.82, 2.24) is 14.9 Å². The van der Waals surface area contributed by atoms with Crippen LogP contribution in [-0.2, 0) is 11.3 Å². The molecule has 3 rings (SSSR count). The molecule has 2 heterocycles. The monoisotopic (exact) mass is 402 g/mol. The first-order valence-electron chi connectivity index (χ1n) is 8.77. The number of amides is 1. The predicted octanol–water partition coefficient (Wildman–Crippen LogP) is 3.16. The van der Waals surface area contributed by atoms with Crippen molar-refractivity contribution in [3.8, 4) is 6.07 Å². The number of carbonyl (C=O) groups is 1. The van der Waals surface area contributed by atoms with E-state index in [4.69, 9.17) is 0 Å². The quantitative estimate of drug-likeness (QED) is 0.437. The van der Waals surface area contributed by atoms with Crippen molar-refractivity contribution in [3.05, 3.63) is 33.4 Å². The predicted molar refractivity (Wildman–Crippen MR) is 109 cm³/mol. The van der Waals surface area contributed by atoms with Crippen LogP contribution in [0.15, 0.2) is 22.6 Å². The van der Waals surface area contributed by atoms with Crippen molar-refractivity contribution in [2.45, 2.75) is 50.9 Å². The van der Waals surface area contributed by atoms with Gasteiger partial charge in [-0.25, -0.2) is 4.98 Å². The van der Waals surface area contributed by atoms with Gasteiger partial charge in [0.1, 0.15) is 10.4 Å². The third-order valence-electron chi connectivity index (χ3n) is 4.92. The van der Waals surface area contributed by atoms with Gasteiger partial charge < -0.3 is 5.32 Å². The normalized spacial score (nSPS) is 15.9. The van der Waals surface area contributed by atoms with E-state index < -0.39 is 5.54 Å². The van der Waals surface area contributed by atoms with E-state index in [-0.39, 0.29) is 23.1 Å². The summed E-state index contributed by atoms with van der Waals surface area (Å²) in [5, 5.41) is 13.4. The zero-order chi connectivity index (χ0) is 19.8. The van der Waals surface area contributed by atoms with Crippen LogP contribution in [0.5, 0.6) is 0 Å². The minimum Gasteiger partial charge on any atom is -0.337 e. The lowest BCUT2D eigenvalue weighted by Gasteiger charge is -2.22. The number of aryl methyl sites for hydroxylation is 2. The molecule has 1 fully saturated rings. The van der Waals surface area contributed by atoms with E-state index in [0.717, 1.165) is 23.3 Å². The molecule has 0 unspecified atom stereocenters. The number of nitrogens with one attached hydrogen (secondary N) is 1. The zero-order valence-electron chi connectivity index (χ0n) is 15.7. The molecular formula is C19H22N4O2S2. The van der Waals surface area contributed by atoms with Crippen LogP contribution in [0.2, 0.25) is 0 Å². The van der Waals surface area contributed by atoms with E-state index >= 15 is 0 Å². The number of rotatable bonds is 7. The fraction of sp³-hybridized carbons (Fsp3) is 0.474. The molecule has 6 nitrogen and oxygen atoms in total. The molecule has 1 N–H and O–H groups in total. The Balaban J connectivity index is 1.84. The van der Waals surface area contributed by atoms with Crippen molar-refractivity contribution in [2.75, 3.05) is 5.75 Å². The number of nitrogens with zero attached hydrogens (tertiary/aromatic N) is 3. The summed E-state index contributed by atoms with van der Waals surface area (Å²) in [6.07, 6.45) is 3.57. The van der Waals surface area contributed by atoms with Gasteiger partial charge in [0.25, 0.3) is 5.56 Å². The Morgan fingerprint density at radius 1 is 1.56 bits per heavy atom. The van der Waals surface area contributed by atoms with E-state index in [9.17, 15) is 14.9 Å². The van der Waals surface area contributed by atoms with E-state index in [2.05, 4.69) is 22.9 Å². The Bertz CT molecular complexity index is 1010. The lowest BCUT2D eigenvalue weighted by atomic mass is 9.98. The number of carbonyl (C=O) groups excluding carboxylic acids is 1. The van der Waals surface area contributed by atoms with Crippen molar-refractivity contribution in [2.24, 2.45) is 5.92 Å². The molecule has 8 heteroatoms. The highest BCUT2D eigenvalue weighted by Crippen LogP contribution is 2.39. The molecule has 1 amide bonds. The standard InChI is InChI=1S/C19H22N4O2S2/c1-5-8-23-17(25)15-11(2)12(3)27-16(15)21-18(23)26-9-14(24)22-19(4,10-20)13-6-7-13/h5,13H,1,6-9H2,2-4H3,(H,22,24)/t19-/m0/s1. The molecule has 1 aliphatic rings. The van der Waals surface area contributed by atoms with Gasteiger partial charge in [0.05, 0.1) is 17.2 Å². The van der Waals surface area contributed by atoms with Gasteiger partial charge in [-0.1, -0.05) is 17.8 Å². The Hall–Kier alpha value is -2.11. The maximum atomic E-state index is 12.9. The number of thioether (sulfide) groups is 1. The number of aromatic nitrogens is 2. The summed E-state index contributed by atoms with van der Waals surface area (Å²) < 4.78 is 1.55. The van der Waals surface area contributed by atoms with E-state index in [1.165, 1.54) is 23.1 Å². The van der Waals surface area contributed by atoms with Gasteiger partial charge in [0, 0.05) is 11.4 Å². The molecule has 0 aromatic carbocycles. The maximum Gasteiger partial charge on any atom is 0.263 e. The van der Waals surface area contributed by atoms with Crippen LogP contribution in [0.25, 0.3) is 10.2 Å². The molecule has 0 aliphatic heterocycles. The summed E-state index contributed by atoms with van der Waals surface area (Å²) in [5.41, 5.74) is 0.0240. The first-order chi connectivity index (χ1) is 12.8. The first-order valence-corrected chi connectivity index (χ1v) is 10.6. The zero-order valence-corrected chi connectivity index (χ0v) is 17.3. The molecule has 1 atom stereocenters. The van der Waals surface area contributed by atoms with Crippen molar-refractivity contribution in [1.29, 1.82) is 5.26 Å². The summed E-state index contributed by atoms with van der Waals surface area (Å²) in [4.78, 5) is 31.7. The largest absolute Gasteiger partial charge is 0.337 e. The van der Waals surface area contributed by atoms with Crippen LogP contribution < -0.4 is 10.9 Å². The van der Waals surface area contributed by atoms with Crippen LogP contribution in [0.1, 0.15) is 30.2 Å². The molecule has 2 aromatic rings. The molecule has 1 saturated carbocycles. The lowest BCUT2D eigenvalue weighted by Crippen LogP contribution is -2.47. The molecule has 0 bridgehead atoms. The Morgan fingerprint density at radius 3 is 2.85 bits per heavy atom. The highest BCUT2D eigenvalue weighted by atomic mass is 32.2. The number of hydrogen-bond acceptors (Lipinski definition) is 6. The van der Waals surface area contributed by atoms with E-state index in [1.807, 2.05) is 13.8 Å². The molecule has 0 radical (unpaired) electrons. The average Bonchev–Trinajstić information content (AvgIpc) is 3.44. The fourth-order valence-electron chi connectivity index (χ4n) is 3.05. The highest BCUT2D eigenvalue weighted by molar-refractivity contribution is 7.99. The first kappa shape index (κ1) is 19.6. The third kappa shape index (κ3) is 3.80. The summed E-state index contributed by atoms with van der Waals surface area (Å²) in [7, 11) is 0. The maximum absolute atomic E-state index is 12.9. The summed E-state index contributed by atoms with van der Waals surface area (Å²) in [6.45, 7) is 9.71. The van der Waals surface area contributed by atoms with Crippen LogP contribution in [0, 0.1) is 31.1 Å². The second kappa shape index (κ2) is 7.49. The van der Waals surface area contributed by atoms with Crippen LogP contribution >= 0.6 is 23.1 Å². The van der Waals surface area contributed by atoms with Gasteiger partial charge >= 0.3 is 0 Å². The molecule has 1 aliphatic carbocycles. The SMILES string of the molecule is C=CCn1c(SCC(=O)N[C@@](C)(C#N)C2CC2)nc2sc(C)c(C)c2c1=O. The van der Waals surface area contributed by atoms with Gasteiger partial charge in [0.2, 0.25) is 5.91 Å². The van der Waals surface area contributed by atoms with Crippen molar-refractivity contribution < 1.29 is 4.79 Å². The van der Waals surface area contributed by atoms with Crippen LogP contribution in [0.4, 0.5) is 0 Å². The third-order valence-corrected chi connectivity index (χ3v) is 7.00. The Kier molecular flexibility index (Phi) is 5.45. The van der Waals surface area contributed by atoms with Crippen molar-refractivity contribution in [3.63, 3.8) is 0 Å². The van der Waals surface area contributed by atoms with Gasteiger partial charge in [-0.05, 0) is 45.1 Å².